The summed E-state index contributed by atoms with van der Waals surface area (Å²) in [6, 6.07) is 2.68. The molecule has 88 valence electrons. The molecule has 0 bridgehead atoms. The maximum atomic E-state index is 11.7. The van der Waals surface area contributed by atoms with Crippen molar-refractivity contribution in [1.29, 1.82) is 0 Å². The summed E-state index contributed by atoms with van der Waals surface area (Å²) in [4.78, 5) is 24.0. The maximum absolute atomic E-state index is 11.7. The van der Waals surface area contributed by atoms with Crippen molar-refractivity contribution in [2.24, 2.45) is 0 Å². The molecule has 6 heteroatoms. The van der Waals surface area contributed by atoms with Crippen LogP contribution in [0.2, 0.25) is 0 Å². The molecule has 0 aliphatic heterocycles. The molecule has 16 heavy (non-hydrogen) atoms. The van der Waals surface area contributed by atoms with Crippen LogP contribution in [0.3, 0.4) is 0 Å². The lowest BCUT2D eigenvalue weighted by Crippen LogP contribution is -2.31. The molecule has 1 heterocycles. The summed E-state index contributed by atoms with van der Waals surface area (Å²) in [5, 5.41) is 5.88. The molecule has 0 saturated carbocycles. The second-order valence-corrected chi connectivity index (χ2v) is 3.23. The van der Waals surface area contributed by atoms with Crippen molar-refractivity contribution in [2.75, 3.05) is 26.8 Å². The highest BCUT2D eigenvalue weighted by Gasteiger charge is 2.12. The number of carbonyl (C=O) groups is 1. The first-order chi connectivity index (χ1) is 7.65. The van der Waals surface area contributed by atoms with E-state index < -0.39 is 0 Å². The fraction of sp³-hybridized carbons (Fsp3) is 0.500. The van der Waals surface area contributed by atoms with E-state index >= 15 is 0 Å². The minimum absolute atomic E-state index is 0.221. The molecule has 1 N–H and O–H groups in total. The molecular formula is C10H15N3O3. The van der Waals surface area contributed by atoms with Gasteiger partial charge in [0.2, 0.25) is 0 Å². The summed E-state index contributed by atoms with van der Waals surface area (Å²) in [6.45, 7) is 3.50. The Hall–Kier alpha value is -1.69. The first-order valence-electron chi connectivity index (χ1n) is 5.04. The van der Waals surface area contributed by atoms with Crippen molar-refractivity contribution in [3.8, 4) is 0 Å². The fourth-order valence-corrected chi connectivity index (χ4v) is 1.11. The number of carbonyl (C=O) groups excluding carboxylic acids is 1. The SMILES string of the molecule is CCOCCN(C)C(=O)c1ccc(=O)[nH]n1. The fourth-order valence-electron chi connectivity index (χ4n) is 1.11. The number of aromatic amines is 1. The lowest BCUT2D eigenvalue weighted by Gasteiger charge is -2.15. The number of ether oxygens (including phenoxy) is 1. The molecule has 6 nitrogen and oxygen atoms in total. The molecule has 0 unspecified atom stereocenters. The van der Waals surface area contributed by atoms with E-state index in [4.69, 9.17) is 4.74 Å². The second kappa shape index (κ2) is 6.02. The Morgan fingerprint density at radius 1 is 1.56 bits per heavy atom. The van der Waals surface area contributed by atoms with Crippen LogP contribution < -0.4 is 5.56 Å². The van der Waals surface area contributed by atoms with Gasteiger partial charge >= 0.3 is 0 Å². The number of likely N-dealkylation sites (N-methyl/N-ethyl adjacent to an activating group) is 1. The highest BCUT2D eigenvalue weighted by atomic mass is 16.5. The molecule has 0 aromatic carbocycles. The Balaban J connectivity index is 2.56. The van der Waals surface area contributed by atoms with Gasteiger partial charge in [0, 0.05) is 26.3 Å². The highest BCUT2D eigenvalue weighted by Crippen LogP contribution is 1.96. The van der Waals surface area contributed by atoms with Gasteiger partial charge in [-0.3, -0.25) is 9.59 Å². The summed E-state index contributed by atoms with van der Waals surface area (Å²) in [5.41, 5.74) is -0.105. The zero-order valence-electron chi connectivity index (χ0n) is 9.40. The van der Waals surface area contributed by atoms with Gasteiger partial charge in [-0.05, 0) is 13.0 Å². The van der Waals surface area contributed by atoms with Crippen molar-refractivity contribution in [3.63, 3.8) is 0 Å². The predicted molar refractivity (Wildman–Crippen MR) is 58.3 cm³/mol. The molecule has 0 aliphatic rings. The first kappa shape index (κ1) is 12.4. The third kappa shape index (κ3) is 3.47. The molecule has 1 aromatic rings. The summed E-state index contributed by atoms with van der Waals surface area (Å²) in [7, 11) is 1.66. The number of hydrogen-bond donors (Lipinski definition) is 1. The van der Waals surface area contributed by atoms with Crippen LogP contribution >= 0.6 is 0 Å². The van der Waals surface area contributed by atoms with Crippen molar-refractivity contribution < 1.29 is 9.53 Å². The summed E-state index contributed by atoms with van der Waals surface area (Å²) >= 11 is 0. The zero-order chi connectivity index (χ0) is 12.0. The molecular weight excluding hydrogens is 210 g/mol. The van der Waals surface area contributed by atoms with Crippen molar-refractivity contribution in [3.05, 3.63) is 28.2 Å². The van der Waals surface area contributed by atoms with Gasteiger partial charge in [-0.1, -0.05) is 0 Å². The topological polar surface area (TPSA) is 75.3 Å². The van der Waals surface area contributed by atoms with Gasteiger partial charge in [-0.25, -0.2) is 5.10 Å². The van der Waals surface area contributed by atoms with Crippen LogP contribution in [-0.2, 0) is 4.74 Å². The van der Waals surface area contributed by atoms with Crippen molar-refractivity contribution in [2.45, 2.75) is 6.92 Å². The lowest BCUT2D eigenvalue weighted by molar-refractivity contribution is 0.0703. The zero-order valence-corrected chi connectivity index (χ0v) is 9.40. The van der Waals surface area contributed by atoms with E-state index in [1.54, 1.807) is 7.05 Å². The minimum atomic E-state index is -0.325. The van der Waals surface area contributed by atoms with Gasteiger partial charge in [0.05, 0.1) is 6.61 Å². The largest absolute Gasteiger partial charge is 0.380 e. The molecule has 0 fully saturated rings. The monoisotopic (exact) mass is 225 g/mol. The Labute approximate surface area is 93.2 Å². The number of aromatic nitrogens is 2. The molecule has 0 spiro atoms. The van der Waals surface area contributed by atoms with E-state index in [1.165, 1.54) is 17.0 Å². The van der Waals surface area contributed by atoms with E-state index in [0.29, 0.717) is 19.8 Å². The number of amides is 1. The number of H-pyrrole nitrogens is 1. The number of hydrogen-bond acceptors (Lipinski definition) is 4. The van der Waals surface area contributed by atoms with Gasteiger partial charge in [0.25, 0.3) is 11.5 Å². The van der Waals surface area contributed by atoms with E-state index in [9.17, 15) is 9.59 Å². The average molecular weight is 225 g/mol. The van der Waals surface area contributed by atoms with Crippen LogP contribution in [0, 0.1) is 0 Å². The third-order valence-electron chi connectivity index (χ3n) is 2.02. The maximum Gasteiger partial charge on any atom is 0.274 e. The molecule has 0 radical (unpaired) electrons. The predicted octanol–water partition coefficient (Wildman–Crippen LogP) is -0.122. The Kier molecular flexibility index (Phi) is 4.65. The van der Waals surface area contributed by atoms with Crippen LogP contribution in [0.5, 0.6) is 0 Å². The molecule has 0 aliphatic carbocycles. The van der Waals surface area contributed by atoms with Gasteiger partial charge in [-0.15, -0.1) is 0 Å². The number of nitrogens with zero attached hydrogens (tertiary/aromatic N) is 2. The lowest BCUT2D eigenvalue weighted by atomic mass is 10.3. The summed E-state index contributed by atoms with van der Waals surface area (Å²) < 4.78 is 5.14. The van der Waals surface area contributed by atoms with E-state index in [1.807, 2.05) is 6.92 Å². The van der Waals surface area contributed by atoms with Crippen LogP contribution in [0.1, 0.15) is 17.4 Å². The second-order valence-electron chi connectivity index (χ2n) is 3.23. The third-order valence-corrected chi connectivity index (χ3v) is 2.02. The standard InChI is InChI=1S/C10H15N3O3/c1-3-16-7-6-13(2)10(15)8-4-5-9(14)12-11-8/h4-5H,3,6-7H2,1-2H3,(H,12,14). The Morgan fingerprint density at radius 2 is 2.31 bits per heavy atom. The number of nitrogens with one attached hydrogen (secondary N) is 1. The van der Waals surface area contributed by atoms with Crippen LogP contribution in [0.25, 0.3) is 0 Å². The van der Waals surface area contributed by atoms with Gasteiger partial charge in [0.1, 0.15) is 5.69 Å². The minimum Gasteiger partial charge on any atom is -0.380 e. The normalized spacial score (nSPS) is 10.1. The molecule has 1 amide bonds. The first-order valence-corrected chi connectivity index (χ1v) is 5.04. The van der Waals surface area contributed by atoms with E-state index in [-0.39, 0.29) is 17.2 Å². The summed E-state index contributed by atoms with van der Waals surface area (Å²) in [5.74, 6) is -0.240. The van der Waals surface area contributed by atoms with Gasteiger partial charge in [0.15, 0.2) is 0 Å². The van der Waals surface area contributed by atoms with Crippen LogP contribution in [0.15, 0.2) is 16.9 Å². The molecule has 1 rings (SSSR count). The molecule has 1 aromatic heterocycles. The molecule has 0 saturated heterocycles. The molecule has 0 atom stereocenters. The number of rotatable bonds is 5. The van der Waals surface area contributed by atoms with E-state index in [2.05, 4.69) is 10.2 Å². The Bertz CT molecular complexity index is 382. The van der Waals surface area contributed by atoms with Crippen LogP contribution in [-0.4, -0.2) is 47.8 Å². The summed E-state index contributed by atoms with van der Waals surface area (Å²) in [6.07, 6.45) is 0. The van der Waals surface area contributed by atoms with Gasteiger partial charge in [-0.2, -0.15) is 5.10 Å². The quantitative estimate of drug-likeness (QED) is 0.709. The Morgan fingerprint density at radius 3 is 2.88 bits per heavy atom. The highest BCUT2D eigenvalue weighted by molar-refractivity contribution is 5.91. The van der Waals surface area contributed by atoms with Crippen LogP contribution in [0.4, 0.5) is 0 Å². The smallest absolute Gasteiger partial charge is 0.274 e. The van der Waals surface area contributed by atoms with Gasteiger partial charge < -0.3 is 9.64 Å². The van der Waals surface area contributed by atoms with Crippen molar-refractivity contribution in [1.82, 2.24) is 15.1 Å². The van der Waals surface area contributed by atoms with E-state index in [0.717, 1.165) is 0 Å². The average Bonchev–Trinajstić information content (AvgIpc) is 2.29. The van der Waals surface area contributed by atoms with Crippen molar-refractivity contribution >= 4 is 5.91 Å².